The highest BCUT2D eigenvalue weighted by molar-refractivity contribution is 6.31. The van der Waals surface area contributed by atoms with Gasteiger partial charge in [0.25, 0.3) is 0 Å². The topological polar surface area (TPSA) is 38.1 Å². The van der Waals surface area contributed by atoms with E-state index >= 15 is 0 Å². The smallest absolute Gasteiger partial charge is 0.208 e. The normalized spacial score (nSPS) is 10.8. The zero-order valence-corrected chi connectivity index (χ0v) is 11.4. The maximum Gasteiger partial charge on any atom is 0.208 e. The van der Waals surface area contributed by atoms with Crippen LogP contribution >= 0.6 is 11.6 Å². The Labute approximate surface area is 112 Å². The molecule has 2 aromatic rings. The summed E-state index contributed by atoms with van der Waals surface area (Å²) in [6, 6.07) is 5.88. The van der Waals surface area contributed by atoms with Crippen molar-refractivity contribution >= 4 is 11.6 Å². The molecule has 0 spiro atoms. The van der Waals surface area contributed by atoms with Gasteiger partial charge in [0.15, 0.2) is 5.76 Å². The van der Waals surface area contributed by atoms with Crippen molar-refractivity contribution in [2.75, 3.05) is 6.54 Å². The number of halogens is 1. The summed E-state index contributed by atoms with van der Waals surface area (Å²) in [6.07, 6.45) is 2.84. The SMILES string of the molecule is CCCNCc1ncc(-c2ccc(C)c(Cl)c2)o1. The molecule has 0 saturated heterocycles. The molecule has 0 aliphatic heterocycles. The van der Waals surface area contributed by atoms with Gasteiger partial charge in [-0.2, -0.15) is 0 Å². The van der Waals surface area contributed by atoms with Gasteiger partial charge in [0.1, 0.15) is 0 Å². The van der Waals surface area contributed by atoms with Crippen molar-refractivity contribution < 1.29 is 4.42 Å². The lowest BCUT2D eigenvalue weighted by Gasteiger charge is -2.01. The minimum atomic E-state index is 0.660. The van der Waals surface area contributed by atoms with E-state index in [2.05, 4.69) is 17.2 Å². The molecular weight excluding hydrogens is 248 g/mol. The number of hydrogen-bond donors (Lipinski definition) is 1. The van der Waals surface area contributed by atoms with Gasteiger partial charge in [0.2, 0.25) is 5.89 Å². The molecule has 0 aliphatic rings. The summed E-state index contributed by atoms with van der Waals surface area (Å²) >= 11 is 6.10. The molecule has 0 saturated carbocycles. The lowest BCUT2D eigenvalue weighted by molar-refractivity contribution is 0.478. The average Bonchev–Trinajstić information content (AvgIpc) is 2.82. The highest BCUT2D eigenvalue weighted by Crippen LogP contribution is 2.25. The maximum absolute atomic E-state index is 6.10. The first kappa shape index (κ1) is 13.1. The number of benzene rings is 1. The van der Waals surface area contributed by atoms with E-state index < -0.39 is 0 Å². The first-order valence-electron chi connectivity index (χ1n) is 6.12. The van der Waals surface area contributed by atoms with Gasteiger partial charge in [-0.25, -0.2) is 4.98 Å². The second-order valence-corrected chi connectivity index (χ2v) is 4.67. The third kappa shape index (κ3) is 3.12. The van der Waals surface area contributed by atoms with Crippen LogP contribution in [0.4, 0.5) is 0 Å². The number of aryl methyl sites for hydroxylation is 1. The standard InChI is InChI=1S/C14H17ClN2O/c1-3-6-16-9-14-17-8-13(18-14)11-5-4-10(2)12(15)7-11/h4-5,7-8,16H,3,6,9H2,1-2H3. The van der Waals surface area contributed by atoms with Crippen molar-refractivity contribution in [1.29, 1.82) is 0 Å². The Hall–Kier alpha value is -1.32. The third-order valence-electron chi connectivity index (χ3n) is 2.71. The zero-order valence-electron chi connectivity index (χ0n) is 10.7. The predicted octanol–water partition coefficient (Wildman–Crippen LogP) is 3.80. The summed E-state index contributed by atoms with van der Waals surface area (Å²) < 4.78 is 5.68. The van der Waals surface area contributed by atoms with Crippen molar-refractivity contribution in [3.8, 4) is 11.3 Å². The molecule has 0 atom stereocenters. The van der Waals surface area contributed by atoms with E-state index in [1.54, 1.807) is 6.20 Å². The minimum Gasteiger partial charge on any atom is -0.439 e. The molecule has 0 aliphatic carbocycles. The molecule has 0 fully saturated rings. The first-order chi connectivity index (χ1) is 8.70. The van der Waals surface area contributed by atoms with Crippen molar-refractivity contribution in [3.05, 3.63) is 40.9 Å². The van der Waals surface area contributed by atoms with Crippen LogP contribution in [-0.4, -0.2) is 11.5 Å². The van der Waals surface area contributed by atoms with Crippen LogP contribution in [-0.2, 0) is 6.54 Å². The fourth-order valence-electron chi connectivity index (χ4n) is 1.64. The van der Waals surface area contributed by atoms with Crippen LogP contribution in [0.15, 0.2) is 28.8 Å². The Balaban J connectivity index is 2.11. The molecule has 1 N–H and O–H groups in total. The molecule has 3 nitrogen and oxygen atoms in total. The first-order valence-corrected chi connectivity index (χ1v) is 6.50. The highest BCUT2D eigenvalue weighted by atomic mass is 35.5. The third-order valence-corrected chi connectivity index (χ3v) is 3.12. The van der Waals surface area contributed by atoms with Gasteiger partial charge in [0.05, 0.1) is 12.7 Å². The lowest BCUT2D eigenvalue weighted by Crippen LogP contribution is -2.13. The van der Waals surface area contributed by atoms with Crippen LogP contribution in [0, 0.1) is 6.92 Å². The van der Waals surface area contributed by atoms with Crippen molar-refractivity contribution in [2.45, 2.75) is 26.8 Å². The predicted molar refractivity (Wildman–Crippen MR) is 73.7 cm³/mol. The van der Waals surface area contributed by atoms with Crippen LogP contribution < -0.4 is 5.32 Å². The molecule has 1 heterocycles. The van der Waals surface area contributed by atoms with Crippen LogP contribution in [0.25, 0.3) is 11.3 Å². The monoisotopic (exact) mass is 264 g/mol. The van der Waals surface area contributed by atoms with E-state index in [1.165, 1.54) is 0 Å². The van der Waals surface area contributed by atoms with E-state index in [4.69, 9.17) is 16.0 Å². The van der Waals surface area contributed by atoms with Gasteiger partial charge in [0, 0.05) is 10.6 Å². The van der Waals surface area contributed by atoms with E-state index in [0.717, 1.165) is 34.9 Å². The molecule has 2 rings (SSSR count). The van der Waals surface area contributed by atoms with Crippen LogP contribution in [0.5, 0.6) is 0 Å². The summed E-state index contributed by atoms with van der Waals surface area (Å²) in [5, 5.41) is 4.00. The fourth-order valence-corrected chi connectivity index (χ4v) is 1.82. The van der Waals surface area contributed by atoms with Crippen molar-refractivity contribution in [1.82, 2.24) is 10.3 Å². The van der Waals surface area contributed by atoms with E-state index in [0.29, 0.717) is 12.4 Å². The van der Waals surface area contributed by atoms with E-state index in [-0.39, 0.29) is 0 Å². The van der Waals surface area contributed by atoms with Crippen LogP contribution in [0.2, 0.25) is 5.02 Å². The molecule has 0 amide bonds. The average molecular weight is 265 g/mol. The summed E-state index contributed by atoms with van der Waals surface area (Å²) in [4.78, 5) is 4.24. The number of oxazole rings is 1. The molecule has 4 heteroatoms. The molecule has 0 bridgehead atoms. The summed E-state index contributed by atoms with van der Waals surface area (Å²) in [5.41, 5.74) is 2.02. The van der Waals surface area contributed by atoms with Crippen molar-refractivity contribution in [2.24, 2.45) is 0 Å². The Kier molecular flexibility index (Phi) is 4.39. The number of rotatable bonds is 5. The van der Waals surface area contributed by atoms with Gasteiger partial charge in [-0.1, -0.05) is 30.7 Å². The molecule has 18 heavy (non-hydrogen) atoms. The van der Waals surface area contributed by atoms with Crippen LogP contribution in [0.1, 0.15) is 24.8 Å². The van der Waals surface area contributed by atoms with Crippen molar-refractivity contribution in [3.63, 3.8) is 0 Å². The molecule has 0 unspecified atom stereocenters. The Morgan fingerprint density at radius 3 is 2.94 bits per heavy atom. The molecule has 1 aromatic heterocycles. The maximum atomic E-state index is 6.10. The summed E-state index contributed by atoms with van der Waals surface area (Å²) in [6.45, 7) is 5.73. The quantitative estimate of drug-likeness (QED) is 0.835. The van der Waals surface area contributed by atoms with Gasteiger partial charge in [-0.15, -0.1) is 0 Å². The Morgan fingerprint density at radius 1 is 1.39 bits per heavy atom. The number of aromatic nitrogens is 1. The zero-order chi connectivity index (χ0) is 13.0. The van der Waals surface area contributed by atoms with Gasteiger partial charge < -0.3 is 9.73 Å². The molecule has 0 radical (unpaired) electrons. The molecular formula is C14H17ClN2O. The summed E-state index contributed by atoms with van der Waals surface area (Å²) in [7, 11) is 0. The number of nitrogens with zero attached hydrogens (tertiary/aromatic N) is 1. The van der Waals surface area contributed by atoms with Gasteiger partial charge in [-0.05, 0) is 31.5 Å². The second-order valence-electron chi connectivity index (χ2n) is 4.26. The number of nitrogens with one attached hydrogen (secondary N) is 1. The van der Waals surface area contributed by atoms with Gasteiger partial charge in [-0.3, -0.25) is 0 Å². The molecule has 1 aromatic carbocycles. The largest absolute Gasteiger partial charge is 0.439 e. The molecule has 96 valence electrons. The Morgan fingerprint density at radius 2 is 2.22 bits per heavy atom. The lowest BCUT2D eigenvalue weighted by atomic mass is 10.1. The van der Waals surface area contributed by atoms with E-state index in [9.17, 15) is 0 Å². The Bertz CT molecular complexity index is 522. The van der Waals surface area contributed by atoms with Gasteiger partial charge >= 0.3 is 0 Å². The highest BCUT2D eigenvalue weighted by Gasteiger charge is 2.07. The van der Waals surface area contributed by atoms with Crippen LogP contribution in [0.3, 0.4) is 0 Å². The number of hydrogen-bond acceptors (Lipinski definition) is 3. The minimum absolute atomic E-state index is 0.660. The second kappa shape index (κ2) is 6.03. The fraction of sp³-hybridized carbons (Fsp3) is 0.357. The summed E-state index contributed by atoms with van der Waals surface area (Å²) in [5.74, 6) is 1.46. The van der Waals surface area contributed by atoms with E-state index in [1.807, 2.05) is 25.1 Å².